The zero-order valence-electron chi connectivity index (χ0n) is 19.2. The second-order valence-electron chi connectivity index (χ2n) is 7.97. The average Bonchev–Trinajstić information content (AvgIpc) is 2.91. The van der Waals surface area contributed by atoms with E-state index in [4.69, 9.17) is 14.2 Å². The van der Waals surface area contributed by atoms with Crippen LogP contribution in [0.1, 0.15) is 35.5 Å². The number of hydrogen-bond acceptors (Lipinski definition) is 7. The SMILES string of the molecule is C=CCOC(=O)Nc1cccc([C@@H]2O[C@H](CSc3ccccn3)C[C@H](c3ccc(CO)cc3)O2)c1. The van der Waals surface area contributed by atoms with E-state index in [1.807, 2.05) is 60.7 Å². The first kappa shape index (κ1) is 24.9. The third-order valence-electron chi connectivity index (χ3n) is 5.41. The van der Waals surface area contributed by atoms with Gasteiger partial charge in [0.1, 0.15) is 6.61 Å². The van der Waals surface area contributed by atoms with E-state index in [0.29, 0.717) is 17.9 Å². The lowest BCUT2D eigenvalue weighted by atomic mass is 10.0. The molecule has 1 aliphatic heterocycles. The number of aliphatic hydroxyl groups excluding tert-OH is 1. The van der Waals surface area contributed by atoms with Gasteiger partial charge in [0.15, 0.2) is 6.29 Å². The summed E-state index contributed by atoms with van der Waals surface area (Å²) in [6.07, 6.45) is 2.52. The monoisotopic (exact) mass is 492 g/mol. The number of anilines is 1. The van der Waals surface area contributed by atoms with Crippen LogP contribution < -0.4 is 5.32 Å². The Bertz CT molecular complexity index is 1110. The highest BCUT2D eigenvalue weighted by Crippen LogP contribution is 2.39. The van der Waals surface area contributed by atoms with Gasteiger partial charge in [-0.3, -0.25) is 5.32 Å². The summed E-state index contributed by atoms with van der Waals surface area (Å²) in [7, 11) is 0. The molecule has 0 saturated carbocycles. The van der Waals surface area contributed by atoms with Gasteiger partial charge in [-0.05, 0) is 35.4 Å². The molecule has 3 aromatic rings. The zero-order chi connectivity index (χ0) is 24.5. The minimum absolute atomic E-state index is 0.00406. The molecule has 1 saturated heterocycles. The fourth-order valence-corrected chi connectivity index (χ4v) is 4.57. The smallest absolute Gasteiger partial charge is 0.411 e. The molecule has 2 N–H and O–H groups in total. The molecule has 0 aliphatic carbocycles. The topological polar surface area (TPSA) is 89.9 Å². The molecule has 2 heterocycles. The van der Waals surface area contributed by atoms with Crippen LogP contribution in [0.5, 0.6) is 0 Å². The van der Waals surface area contributed by atoms with E-state index < -0.39 is 12.4 Å². The van der Waals surface area contributed by atoms with Gasteiger partial charge in [-0.2, -0.15) is 0 Å². The summed E-state index contributed by atoms with van der Waals surface area (Å²) < 4.78 is 17.7. The molecule has 4 rings (SSSR count). The largest absolute Gasteiger partial charge is 0.445 e. The first-order valence-corrected chi connectivity index (χ1v) is 12.3. The van der Waals surface area contributed by atoms with Gasteiger partial charge < -0.3 is 19.3 Å². The Labute approximate surface area is 209 Å². The summed E-state index contributed by atoms with van der Waals surface area (Å²) in [6.45, 7) is 3.67. The zero-order valence-corrected chi connectivity index (χ0v) is 20.0. The molecule has 1 amide bonds. The van der Waals surface area contributed by atoms with Crippen molar-refractivity contribution >= 4 is 23.5 Å². The van der Waals surface area contributed by atoms with Crippen molar-refractivity contribution in [3.63, 3.8) is 0 Å². The second-order valence-corrected chi connectivity index (χ2v) is 9.01. The third-order valence-corrected chi connectivity index (χ3v) is 6.48. The first-order valence-electron chi connectivity index (χ1n) is 11.3. The van der Waals surface area contributed by atoms with E-state index in [1.165, 1.54) is 6.08 Å². The quantitative estimate of drug-likeness (QED) is 0.295. The standard InChI is InChI=1S/C27H28N2O5S/c1-2-14-32-27(31)29-22-7-5-6-21(15-22)26-33-23(18-35-25-8-3-4-13-28-25)16-24(34-26)20-11-9-19(17-30)10-12-20/h2-13,15,23-24,26,30H,1,14,16-18H2,(H,29,31)/t23-,24+,26+/m0/s1. The van der Waals surface area contributed by atoms with Crippen LogP contribution in [0.2, 0.25) is 0 Å². The highest BCUT2D eigenvalue weighted by molar-refractivity contribution is 7.99. The molecule has 182 valence electrons. The van der Waals surface area contributed by atoms with Crippen molar-refractivity contribution in [2.75, 3.05) is 17.7 Å². The molecule has 8 heteroatoms. The van der Waals surface area contributed by atoms with Crippen molar-refractivity contribution in [3.05, 3.63) is 102 Å². The molecule has 1 fully saturated rings. The summed E-state index contributed by atoms with van der Waals surface area (Å²) in [6, 6.07) is 20.9. The second kappa shape index (κ2) is 12.5. The molecular formula is C27H28N2O5S. The lowest BCUT2D eigenvalue weighted by Crippen LogP contribution is -2.31. The van der Waals surface area contributed by atoms with Crippen LogP contribution in [0.4, 0.5) is 10.5 Å². The van der Waals surface area contributed by atoms with Crippen LogP contribution in [-0.4, -0.2) is 34.6 Å². The Morgan fingerprint density at radius 2 is 2.00 bits per heavy atom. The summed E-state index contributed by atoms with van der Waals surface area (Å²) >= 11 is 1.64. The maximum absolute atomic E-state index is 12.0. The number of benzene rings is 2. The number of aliphatic hydroxyl groups is 1. The predicted molar refractivity (Wildman–Crippen MR) is 135 cm³/mol. The van der Waals surface area contributed by atoms with Crippen LogP contribution in [0.3, 0.4) is 0 Å². The molecule has 7 nitrogen and oxygen atoms in total. The van der Waals surface area contributed by atoms with Crippen LogP contribution >= 0.6 is 11.8 Å². The van der Waals surface area contributed by atoms with E-state index in [-0.39, 0.29) is 25.4 Å². The maximum Gasteiger partial charge on any atom is 0.411 e. The van der Waals surface area contributed by atoms with Gasteiger partial charge in [-0.15, -0.1) is 11.8 Å². The average molecular weight is 493 g/mol. The fraction of sp³-hybridized carbons (Fsp3) is 0.259. The molecule has 1 aromatic heterocycles. The number of carbonyl (C=O) groups is 1. The number of thioether (sulfide) groups is 1. The van der Waals surface area contributed by atoms with Gasteiger partial charge in [-0.25, -0.2) is 9.78 Å². The minimum atomic E-state index is -0.619. The van der Waals surface area contributed by atoms with Crippen molar-refractivity contribution in [2.45, 2.75) is 36.6 Å². The van der Waals surface area contributed by atoms with Crippen LogP contribution in [0.25, 0.3) is 0 Å². The Morgan fingerprint density at radius 3 is 2.74 bits per heavy atom. The third kappa shape index (κ3) is 7.16. The molecule has 1 aliphatic rings. The van der Waals surface area contributed by atoms with E-state index in [2.05, 4.69) is 16.9 Å². The molecule has 0 unspecified atom stereocenters. The van der Waals surface area contributed by atoms with E-state index in [9.17, 15) is 9.90 Å². The highest BCUT2D eigenvalue weighted by atomic mass is 32.2. The van der Waals surface area contributed by atoms with Gasteiger partial charge >= 0.3 is 6.09 Å². The molecule has 0 radical (unpaired) electrons. The van der Waals surface area contributed by atoms with E-state index >= 15 is 0 Å². The fourth-order valence-electron chi connectivity index (χ4n) is 3.69. The Balaban J connectivity index is 1.51. The highest BCUT2D eigenvalue weighted by Gasteiger charge is 2.32. The minimum Gasteiger partial charge on any atom is -0.445 e. The van der Waals surface area contributed by atoms with Gasteiger partial charge in [0, 0.05) is 29.6 Å². The van der Waals surface area contributed by atoms with Crippen LogP contribution in [-0.2, 0) is 20.8 Å². The molecule has 2 aromatic carbocycles. The van der Waals surface area contributed by atoms with Gasteiger partial charge in [-0.1, -0.05) is 55.1 Å². The molecule has 3 atom stereocenters. The van der Waals surface area contributed by atoms with Crippen molar-refractivity contribution in [3.8, 4) is 0 Å². The molecule has 35 heavy (non-hydrogen) atoms. The van der Waals surface area contributed by atoms with Crippen molar-refractivity contribution in [2.24, 2.45) is 0 Å². The normalized spacial score (nSPS) is 19.6. The number of pyridine rings is 1. The summed E-state index contributed by atoms with van der Waals surface area (Å²) in [4.78, 5) is 16.3. The number of hydrogen-bond donors (Lipinski definition) is 2. The maximum atomic E-state index is 12.0. The summed E-state index contributed by atoms with van der Waals surface area (Å²) in [5.74, 6) is 0.716. The number of nitrogens with zero attached hydrogens (tertiary/aromatic N) is 1. The number of aromatic nitrogens is 1. The number of rotatable bonds is 9. The van der Waals surface area contributed by atoms with Crippen molar-refractivity contribution < 1.29 is 24.1 Å². The van der Waals surface area contributed by atoms with E-state index in [1.54, 1.807) is 24.0 Å². The predicted octanol–water partition coefficient (Wildman–Crippen LogP) is 5.65. The summed E-state index contributed by atoms with van der Waals surface area (Å²) in [5, 5.41) is 13.0. The van der Waals surface area contributed by atoms with Crippen LogP contribution in [0.15, 0.2) is 90.6 Å². The number of amides is 1. The lowest BCUT2D eigenvalue weighted by Gasteiger charge is -2.36. The van der Waals surface area contributed by atoms with Gasteiger partial charge in [0.05, 0.1) is 23.8 Å². The van der Waals surface area contributed by atoms with Crippen molar-refractivity contribution in [1.29, 1.82) is 0 Å². The Kier molecular flexibility index (Phi) is 8.91. The molecular weight excluding hydrogens is 464 g/mol. The van der Waals surface area contributed by atoms with E-state index in [0.717, 1.165) is 21.7 Å². The summed E-state index contributed by atoms with van der Waals surface area (Å²) in [5.41, 5.74) is 3.24. The lowest BCUT2D eigenvalue weighted by molar-refractivity contribution is -0.245. The van der Waals surface area contributed by atoms with Crippen LogP contribution in [0, 0.1) is 0 Å². The number of carbonyl (C=O) groups excluding carboxylic acids is 1. The van der Waals surface area contributed by atoms with Crippen molar-refractivity contribution in [1.82, 2.24) is 4.98 Å². The van der Waals surface area contributed by atoms with Gasteiger partial charge in [0.25, 0.3) is 0 Å². The molecule has 0 spiro atoms. The molecule has 0 bridgehead atoms. The van der Waals surface area contributed by atoms with Gasteiger partial charge in [0.2, 0.25) is 0 Å². The number of nitrogens with one attached hydrogen (secondary N) is 1. The Morgan fingerprint density at radius 1 is 1.14 bits per heavy atom. The first-order chi connectivity index (χ1) is 17.1. The Hall–Kier alpha value is -3.17. The number of ether oxygens (including phenoxy) is 3.